The van der Waals surface area contributed by atoms with Crippen LogP contribution < -0.4 is 0 Å². The van der Waals surface area contributed by atoms with E-state index in [0.717, 1.165) is 11.1 Å². The minimum Gasteiger partial charge on any atom is -0.287 e. The van der Waals surface area contributed by atoms with Gasteiger partial charge in [-0.25, -0.2) is 9.97 Å². The Kier molecular flexibility index (Phi) is 9.59. The van der Waals surface area contributed by atoms with Gasteiger partial charge in [-0.3, -0.25) is 4.79 Å². The molecule has 2 heterocycles. The lowest BCUT2D eigenvalue weighted by molar-refractivity contribution is 0.103. The first-order valence-electron chi connectivity index (χ1n) is 10.5. The number of nitrogens with zero attached hydrogens (tertiary/aromatic N) is 4. The van der Waals surface area contributed by atoms with Crippen LogP contribution in [0.2, 0.25) is 0 Å². The normalized spacial score (nSPS) is 10.1. The summed E-state index contributed by atoms with van der Waals surface area (Å²) in [5.41, 5.74) is 5.35. The molecule has 0 radical (unpaired) electrons. The van der Waals surface area contributed by atoms with Crippen LogP contribution in [0.25, 0.3) is 33.3 Å². The molecule has 1 aliphatic rings. The third-order valence-corrected chi connectivity index (χ3v) is 3.74. The van der Waals surface area contributed by atoms with Crippen LogP contribution in [-0.4, -0.2) is 31.2 Å². The summed E-state index contributed by atoms with van der Waals surface area (Å²) in [7, 11) is 0. The maximum atomic E-state index is 12.4. The lowest BCUT2D eigenvalue weighted by atomic mass is 10.1. The molecule has 0 fully saturated rings. The lowest BCUT2D eigenvalue weighted by Gasteiger charge is -2.01. The molecule has 5 rings (SSSR count). The Morgan fingerprint density at radius 1 is 0.621 bits per heavy atom. The maximum absolute atomic E-state index is 12.4. The van der Waals surface area contributed by atoms with E-state index in [4.69, 9.17) is 0 Å². The highest BCUT2D eigenvalue weighted by Gasteiger charge is 2.29. The maximum Gasteiger partial charge on any atom is 0.214 e. The SMILES string of the molecule is CC.CC.CC.CC.O=C1c2ccccc2-c2nc3cc4n[nH]nc4cc3nc21. The van der Waals surface area contributed by atoms with E-state index < -0.39 is 0 Å². The van der Waals surface area contributed by atoms with Gasteiger partial charge in [0.05, 0.1) is 11.0 Å². The molecule has 0 saturated carbocycles. The highest BCUT2D eigenvalue weighted by Crippen LogP contribution is 2.35. The Labute approximate surface area is 172 Å². The van der Waals surface area contributed by atoms with Crippen LogP contribution in [0.1, 0.15) is 71.4 Å². The molecule has 2 aromatic heterocycles. The van der Waals surface area contributed by atoms with Crippen molar-refractivity contribution in [2.24, 2.45) is 0 Å². The van der Waals surface area contributed by atoms with Crippen LogP contribution in [0.3, 0.4) is 0 Å². The number of ketones is 1. The van der Waals surface area contributed by atoms with E-state index in [2.05, 4.69) is 25.4 Å². The van der Waals surface area contributed by atoms with E-state index in [0.29, 0.717) is 33.5 Å². The summed E-state index contributed by atoms with van der Waals surface area (Å²) in [5.74, 6) is -0.0738. The fourth-order valence-corrected chi connectivity index (χ4v) is 2.75. The van der Waals surface area contributed by atoms with Gasteiger partial charge in [-0.1, -0.05) is 79.7 Å². The smallest absolute Gasteiger partial charge is 0.214 e. The van der Waals surface area contributed by atoms with E-state index >= 15 is 0 Å². The van der Waals surface area contributed by atoms with Gasteiger partial charge in [0.15, 0.2) is 0 Å². The molecule has 2 aromatic carbocycles. The third kappa shape index (κ3) is 4.47. The van der Waals surface area contributed by atoms with E-state index in [-0.39, 0.29) is 5.78 Å². The molecule has 0 aliphatic heterocycles. The predicted octanol–water partition coefficient (Wildman–Crippen LogP) is 6.22. The van der Waals surface area contributed by atoms with Gasteiger partial charge in [0, 0.05) is 11.1 Å². The van der Waals surface area contributed by atoms with E-state index in [1.54, 1.807) is 12.1 Å². The zero-order valence-corrected chi connectivity index (χ0v) is 18.7. The van der Waals surface area contributed by atoms with Gasteiger partial charge in [0.1, 0.15) is 22.4 Å². The summed E-state index contributed by atoms with van der Waals surface area (Å²) >= 11 is 0. The van der Waals surface area contributed by atoms with Crippen LogP contribution in [0.4, 0.5) is 0 Å². The molecule has 0 saturated heterocycles. The topological polar surface area (TPSA) is 84.4 Å². The highest BCUT2D eigenvalue weighted by molar-refractivity contribution is 6.20. The fraction of sp³-hybridized carbons (Fsp3) is 0.348. The van der Waals surface area contributed by atoms with Gasteiger partial charge < -0.3 is 0 Å². The second-order valence-corrected chi connectivity index (χ2v) is 4.95. The minimum atomic E-state index is -0.0738. The molecule has 6 nitrogen and oxygen atoms in total. The number of aromatic amines is 1. The van der Waals surface area contributed by atoms with Gasteiger partial charge >= 0.3 is 0 Å². The summed E-state index contributed by atoms with van der Waals surface area (Å²) in [6.07, 6.45) is 0. The van der Waals surface area contributed by atoms with Gasteiger partial charge in [-0.2, -0.15) is 15.4 Å². The Bertz CT molecular complexity index is 1070. The Hall–Kier alpha value is -3.15. The first kappa shape index (κ1) is 23.9. The molecule has 0 spiro atoms. The van der Waals surface area contributed by atoms with Crippen molar-refractivity contribution in [1.29, 1.82) is 0 Å². The highest BCUT2D eigenvalue weighted by atomic mass is 16.1. The van der Waals surface area contributed by atoms with Crippen molar-refractivity contribution in [3.63, 3.8) is 0 Å². The monoisotopic (exact) mass is 393 g/mol. The van der Waals surface area contributed by atoms with Gasteiger partial charge in [0.2, 0.25) is 5.78 Å². The largest absolute Gasteiger partial charge is 0.287 e. The molecular formula is C23H31N5O. The van der Waals surface area contributed by atoms with Crippen LogP contribution in [-0.2, 0) is 0 Å². The average molecular weight is 394 g/mol. The van der Waals surface area contributed by atoms with Gasteiger partial charge in [-0.15, -0.1) is 0 Å². The number of benzene rings is 2. The van der Waals surface area contributed by atoms with E-state index in [1.807, 2.05) is 79.7 Å². The number of hydrogen-bond donors (Lipinski definition) is 1. The number of H-pyrrole nitrogens is 1. The van der Waals surface area contributed by atoms with Crippen molar-refractivity contribution in [2.45, 2.75) is 55.4 Å². The fourth-order valence-electron chi connectivity index (χ4n) is 2.75. The number of aromatic nitrogens is 5. The Morgan fingerprint density at radius 2 is 1.07 bits per heavy atom. The molecule has 6 heteroatoms. The van der Waals surface area contributed by atoms with Gasteiger partial charge in [0.25, 0.3) is 0 Å². The zero-order chi connectivity index (χ0) is 22.0. The van der Waals surface area contributed by atoms with Crippen LogP contribution in [0.15, 0.2) is 36.4 Å². The summed E-state index contributed by atoms with van der Waals surface area (Å²) in [6.45, 7) is 16.0. The third-order valence-electron chi connectivity index (χ3n) is 3.74. The molecule has 1 N–H and O–H groups in total. The van der Waals surface area contributed by atoms with Crippen molar-refractivity contribution in [2.75, 3.05) is 0 Å². The standard InChI is InChI=1S/C15H7N5O.4C2H6/c21-15-8-4-2-1-3-7(8)13-14(15)17-10-6-12-11(18-20-19-12)5-9(10)16-13;4*1-2/h1-6H,(H,18,19,20);4*1-2H3. The van der Waals surface area contributed by atoms with Crippen molar-refractivity contribution < 1.29 is 4.79 Å². The second kappa shape index (κ2) is 11.6. The molecule has 154 valence electrons. The zero-order valence-electron chi connectivity index (χ0n) is 18.7. The van der Waals surface area contributed by atoms with Crippen LogP contribution in [0, 0.1) is 0 Å². The number of nitrogens with one attached hydrogen (secondary N) is 1. The first-order chi connectivity index (χ1) is 14.3. The van der Waals surface area contributed by atoms with Crippen molar-refractivity contribution in [1.82, 2.24) is 25.4 Å². The lowest BCUT2D eigenvalue weighted by Crippen LogP contribution is -2.00. The predicted molar refractivity (Wildman–Crippen MR) is 121 cm³/mol. The Morgan fingerprint density at radius 3 is 1.59 bits per heavy atom. The van der Waals surface area contributed by atoms with Crippen LogP contribution >= 0.6 is 0 Å². The summed E-state index contributed by atoms with van der Waals surface area (Å²) in [6, 6.07) is 11.1. The molecule has 0 amide bonds. The molecule has 0 bridgehead atoms. The first-order valence-corrected chi connectivity index (χ1v) is 10.5. The van der Waals surface area contributed by atoms with Crippen LogP contribution in [0.5, 0.6) is 0 Å². The number of hydrogen-bond acceptors (Lipinski definition) is 5. The van der Waals surface area contributed by atoms with Crippen molar-refractivity contribution >= 4 is 27.9 Å². The summed E-state index contributed by atoms with van der Waals surface area (Å²) < 4.78 is 0. The summed E-state index contributed by atoms with van der Waals surface area (Å²) in [5, 5.41) is 10.7. The summed E-state index contributed by atoms with van der Waals surface area (Å²) in [4.78, 5) is 21.5. The van der Waals surface area contributed by atoms with Crippen molar-refractivity contribution in [3.05, 3.63) is 47.7 Å². The number of rotatable bonds is 0. The number of carbonyl (C=O) groups excluding carboxylic acids is 1. The molecule has 29 heavy (non-hydrogen) atoms. The van der Waals surface area contributed by atoms with E-state index in [9.17, 15) is 4.79 Å². The molecule has 0 atom stereocenters. The molecule has 4 aromatic rings. The number of fused-ring (bicyclic) bond motifs is 5. The Balaban J connectivity index is 0.000000475. The molecular weight excluding hydrogens is 362 g/mol. The second-order valence-electron chi connectivity index (χ2n) is 4.95. The quantitative estimate of drug-likeness (QED) is 0.338. The number of carbonyl (C=O) groups is 1. The molecule has 0 unspecified atom stereocenters. The average Bonchev–Trinajstić information content (AvgIpc) is 3.39. The van der Waals surface area contributed by atoms with Crippen molar-refractivity contribution in [3.8, 4) is 11.3 Å². The van der Waals surface area contributed by atoms with Gasteiger partial charge in [-0.05, 0) is 12.1 Å². The molecule has 1 aliphatic carbocycles. The van der Waals surface area contributed by atoms with E-state index in [1.165, 1.54) is 0 Å². The minimum absolute atomic E-state index is 0.0738.